The molecule has 3 rings (SSSR count). The van der Waals surface area contributed by atoms with Gasteiger partial charge in [-0.05, 0) is 48.7 Å². The van der Waals surface area contributed by atoms with E-state index in [0.717, 1.165) is 30.7 Å². The number of nitrogens with zero attached hydrogens (tertiary/aromatic N) is 2. The van der Waals surface area contributed by atoms with Crippen LogP contribution in [-0.4, -0.2) is 24.5 Å². The van der Waals surface area contributed by atoms with Gasteiger partial charge in [0.25, 0.3) is 5.91 Å². The summed E-state index contributed by atoms with van der Waals surface area (Å²) in [5.41, 5.74) is 2.17. The monoisotopic (exact) mass is 306 g/mol. The lowest BCUT2D eigenvalue weighted by atomic mass is 10.0. The normalized spacial score (nSPS) is 16.9. The minimum absolute atomic E-state index is 0.0209. The van der Waals surface area contributed by atoms with Gasteiger partial charge in [-0.25, -0.2) is 0 Å². The maximum absolute atomic E-state index is 12.8. The van der Waals surface area contributed by atoms with Crippen LogP contribution in [0.3, 0.4) is 0 Å². The first kappa shape index (κ1) is 15.1. The van der Waals surface area contributed by atoms with Crippen molar-refractivity contribution in [3.63, 3.8) is 0 Å². The number of ether oxygens (including phenoxy) is 1. The predicted octanol–water partition coefficient (Wildman–Crippen LogP) is 3.54. The minimum Gasteiger partial charge on any atom is -0.497 e. The zero-order valence-electron chi connectivity index (χ0n) is 13.0. The molecule has 116 valence electrons. The Balaban J connectivity index is 1.88. The van der Waals surface area contributed by atoms with Gasteiger partial charge in [0, 0.05) is 12.1 Å². The second-order valence-corrected chi connectivity index (χ2v) is 5.63. The molecule has 2 aromatic carbocycles. The molecule has 4 heteroatoms. The van der Waals surface area contributed by atoms with Crippen molar-refractivity contribution in [2.75, 3.05) is 13.7 Å². The molecule has 0 saturated carbocycles. The molecule has 1 unspecified atom stereocenters. The Morgan fingerprint density at radius 3 is 2.87 bits per heavy atom. The van der Waals surface area contributed by atoms with Crippen LogP contribution in [-0.2, 0) is 0 Å². The van der Waals surface area contributed by atoms with Crippen LogP contribution in [0.25, 0.3) is 0 Å². The SMILES string of the molecule is COc1cccc(C2CCCN2C(=O)c2cccc(C#N)c2)c1. The lowest BCUT2D eigenvalue weighted by Crippen LogP contribution is -2.30. The Kier molecular flexibility index (Phi) is 4.29. The molecular formula is C19H18N2O2. The van der Waals surface area contributed by atoms with Crippen LogP contribution in [0.1, 0.15) is 40.4 Å². The van der Waals surface area contributed by atoms with Gasteiger partial charge in [0.2, 0.25) is 0 Å². The third kappa shape index (κ3) is 3.04. The summed E-state index contributed by atoms with van der Waals surface area (Å²) < 4.78 is 5.29. The molecule has 0 radical (unpaired) electrons. The van der Waals surface area contributed by atoms with Crippen molar-refractivity contribution in [1.29, 1.82) is 5.26 Å². The Bertz CT molecular complexity index is 764. The average molecular weight is 306 g/mol. The molecule has 1 amide bonds. The van der Waals surface area contributed by atoms with E-state index in [4.69, 9.17) is 10.00 Å². The van der Waals surface area contributed by atoms with E-state index in [9.17, 15) is 4.79 Å². The fraction of sp³-hybridized carbons (Fsp3) is 0.263. The maximum atomic E-state index is 12.8. The molecule has 0 aliphatic carbocycles. The van der Waals surface area contributed by atoms with Gasteiger partial charge in [0.1, 0.15) is 5.75 Å². The smallest absolute Gasteiger partial charge is 0.254 e. The van der Waals surface area contributed by atoms with E-state index < -0.39 is 0 Å². The van der Waals surface area contributed by atoms with E-state index in [0.29, 0.717) is 11.1 Å². The third-order valence-corrected chi connectivity index (χ3v) is 4.23. The van der Waals surface area contributed by atoms with E-state index in [1.165, 1.54) is 0 Å². The molecule has 1 fully saturated rings. The first-order valence-corrected chi connectivity index (χ1v) is 7.68. The van der Waals surface area contributed by atoms with Crippen molar-refractivity contribution in [3.8, 4) is 11.8 Å². The topological polar surface area (TPSA) is 53.3 Å². The van der Waals surface area contributed by atoms with Crippen molar-refractivity contribution >= 4 is 5.91 Å². The van der Waals surface area contributed by atoms with E-state index >= 15 is 0 Å². The summed E-state index contributed by atoms with van der Waals surface area (Å²) in [5.74, 6) is 0.778. The molecule has 1 aliphatic rings. The molecule has 23 heavy (non-hydrogen) atoms. The summed E-state index contributed by atoms with van der Waals surface area (Å²) >= 11 is 0. The summed E-state index contributed by atoms with van der Waals surface area (Å²) in [6.45, 7) is 0.734. The van der Waals surface area contributed by atoms with Gasteiger partial charge < -0.3 is 9.64 Å². The fourth-order valence-corrected chi connectivity index (χ4v) is 3.09. The van der Waals surface area contributed by atoms with Crippen LogP contribution in [0.5, 0.6) is 5.75 Å². The Labute approximate surface area is 135 Å². The van der Waals surface area contributed by atoms with Crippen molar-refractivity contribution in [2.45, 2.75) is 18.9 Å². The highest BCUT2D eigenvalue weighted by Gasteiger charge is 2.30. The van der Waals surface area contributed by atoms with Crippen LogP contribution in [0.2, 0.25) is 0 Å². The van der Waals surface area contributed by atoms with E-state index in [1.807, 2.05) is 29.2 Å². The highest BCUT2D eigenvalue weighted by molar-refractivity contribution is 5.95. The van der Waals surface area contributed by atoms with Crippen LogP contribution in [0.15, 0.2) is 48.5 Å². The van der Waals surface area contributed by atoms with Crippen molar-refractivity contribution in [1.82, 2.24) is 4.90 Å². The zero-order chi connectivity index (χ0) is 16.2. The second-order valence-electron chi connectivity index (χ2n) is 5.63. The summed E-state index contributed by atoms with van der Waals surface area (Å²) in [5, 5.41) is 9.01. The van der Waals surface area contributed by atoms with Crippen molar-refractivity contribution < 1.29 is 9.53 Å². The Morgan fingerprint density at radius 1 is 1.26 bits per heavy atom. The van der Waals surface area contributed by atoms with Gasteiger partial charge in [-0.2, -0.15) is 5.26 Å². The molecule has 1 aliphatic heterocycles. The molecule has 0 spiro atoms. The van der Waals surface area contributed by atoms with Gasteiger partial charge in [0.05, 0.1) is 24.8 Å². The largest absolute Gasteiger partial charge is 0.497 e. The predicted molar refractivity (Wildman–Crippen MR) is 87.2 cm³/mol. The fourth-order valence-electron chi connectivity index (χ4n) is 3.09. The van der Waals surface area contributed by atoms with Gasteiger partial charge in [-0.1, -0.05) is 18.2 Å². The lowest BCUT2D eigenvalue weighted by molar-refractivity contribution is 0.0735. The molecular weight excluding hydrogens is 288 g/mol. The molecule has 2 aromatic rings. The number of hydrogen-bond acceptors (Lipinski definition) is 3. The molecule has 1 heterocycles. The number of rotatable bonds is 3. The average Bonchev–Trinajstić information content (AvgIpc) is 3.11. The van der Waals surface area contributed by atoms with E-state index in [1.54, 1.807) is 31.4 Å². The maximum Gasteiger partial charge on any atom is 0.254 e. The molecule has 4 nitrogen and oxygen atoms in total. The number of carbonyl (C=O) groups excluding carboxylic acids is 1. The van der Waals surface area contributed by atoms with E-state index in [-0.39, 0.29) is 11.9 Å². The highest BCUT2D eigenvalue weighted by Crippen LogP contribution is 2.34. The number of likely N-dealkylation sites (tertiary alicyclic amines) is 1. The second kappa shape index (κ2) is 6.53. The summed E-state index contributed by atoms with van der Waals surface area (Å²) in [4.78, 5) is 14.7. The number of benzene rings is 2. The van der Waals surface area contributed by atoms with E-state index in [2.05, 4.69) is 6.07 Å². The van der Waals surface area contributed by atoms with Gasteiger partial charge in [-0.3, -0.25) is 4.79 Å². The standard InChI is InChI=1S/C19H18N2O2/c1-23-17-8-3-6-15(12-17)18-9-4-10-21(18)19(22)16-7-2-5-14(11-16)13-20/h2-3,5-8,11-12,18H,4,9-10H2,1H3. The van der Waals surface area contributed by atoms with Crippen LogP contribution < -0.4 is 4.74 Å². The van der Waals surface area contributed by atoms with Crippen LogP contribution in [0.4, 0.5) is 0 Å². The quantitative estimate of drug-likeness (QED) is 0.871. The molecule has 0 bridgehead atoms. The van der Waals surface area contributed by atoms with Crippen LogP contribution >= 0.6 is 0 Å². The number of carbonyl (C=O) groups is 1. The highest BCUT2D eigenvalue weighted by atomic mass is 16.5. The molecule has 1 atom stereocenters. The van der Waals surface area contributed by atoms with Gasteiger partial charge >= 0.3 is 0 Å². The lowest BCUT2D eigenvalue weighted by Gasteiger charge is -2.25. The summed E-state index contributed by atoms with van der Waals surface area (Å²) in [7, 11) is 1.64. The van der Waals surface area contributed by atoms with Crippen molar-refractivity contribution in [3.05, 3.63) is 65.2 Å². The first-order valence-electron chi connectivity index (χ1n) is 7.68. The first-order chi connectivity index (χ1) is 11.2. The number of methoxy groups -OCH3 is 1. The summed E-state index contributed by atoms with van der Waals surface area (Å²) in [6.07, 6.45) is 1.92. The molecule has 1 saturated heterocycles. The molecule has 0 aromatic heterocycles. The minimum atomic E-state index is -0.0209. The Morgan fingerprint density at radius 2 is 2.09 bits per heavy atom. The van der Waals surface area contributed by atoms with Crippen molar-refractivity contribution in [2.24, 2.45) is 0 Å². The number of hydrogen-bond donors (Lipinski definition) is 0. The molecule has 0 N–H and O–H groups in total. The van der Waals surface area contributed by atoms with Gasteiger partial charge in [0.15, 0.2) is 0 Å². The Hall–Kier alpha value is -2.80. The van der Waals surface area contributed by atoms with Gasteiger partial charge in [-0.15, -0.1) is 0 Å². The third-order valence-electron chi connectivity index (χ3n) is 4.23. The number of nitriles is 1. The summed E-state index contributed by atoms with van der Waals surface area (Å²) in [6, 6.07) is 16.9. The zero-order valence-corrected chi connectivity index (χ0v) is 13.0. The number of amides is 1. The van der Waals surface area contributed by atoms with Crippen LogP contribution in [0, 0.1) is 11.3 Å².